The normalized spacial score (nSPS) is 15.1. The van der Waals surface area contributed by atoms with E-state index < -0.39 is 23.8 Å². The van der Waals surface area contributed by atoms with E-state index in [2.05, 4.69) is 4.98 Å². The van der Waals surface area contributed by atoms with Crippen LogP contribution < -0.4 is 4.74 Å². The van der Waals surface area contributed by atoms with Crippen molar-refractivity contribution in [3.05, 3.63) is 65.0 Å². The fraction of sp³-hybridized carbons (Fsp3) is 0.345. The maximum Gasteiger partial charge on any atom is 0.337 e. The SMILES string of the molecule is Cc1cc2nc(C(C)F)ccc2c(-c2ccc3c4c(ccnc24)CCO3)c1[C@H](OC(C)(C)C)C(=O)O. The van der Waals surface area contributed by atoms with Crippen LogP contribution in [0, 0.1) is 6.92 Å². The molecule has 2 atom stereocenters. The average Bonchev–Trinajstić information content (AvgIpc) is 2.81. The summed E-state index contributed by atoms with van der Waals surface area (Å²) in [7, 11) is 0. The lowest BCUT2D eigenvalue weighted by molar-refractivity contribution is -0.160. The van der Waals surface area contributed by atoms with Gasteiger partial charge >= 0.3 is 5.97 Å². The lowest BCUT2D eigenvalue weighted by Gasteiger charge is -2.29. The van der Waals surface area contributed by atoms with Crippen LogP contribution in [-0.4, -0.2) is 33.3 Å². The van der Waals surface area contributed by atoms with Gasteiger partial charge in [-0.25, -0.2) is 14.2 Å². The summed E-state index contributed by atoms with van der Waals surface area (Å²) < 4.78 is 26.2. The number of aromatic nitrogens is 2. The quantitative estimate of drug-likeness (QED) is 0.338. The average molecular weight is 489 g/mol. The van der Waals surface area contributed by atoms with Gasteiger partial charge in [-0.15, -0.1) is 0 Å². The maximum atomic E-state index is 14.1. The lowest BCUT2D eigenvalue weighted by atomic mass is 9.86. The van der Waals surface area contributed by atoms with Crippen LogP contribution in [0.25, 0.3) is 32.9 Å². The number of ether oxygens (including phenoxy) is 2. The van der Waals surface area contributed by atoms with Gasteiger partial charge in [-0.1, -0.05) is 6.07 Å². The first-order chi connectivity index (χ1) is 17.0. The number of carboxylic acid groups (broad SMARTS) is 1. The monoisotopic (exact) mass is 488 g/mol. The standard InChI is InChI=1S/C29H29FN2O4/c1-15-14-21-18(6-8-20(32-21)16(2)30)25(23(15)27(28(33)34)36-29(3,4)5)19-7-9-22-24-17(11-13-35-22)10-12-31-26(19)24/h6-10,12,14,16,27H,11,13H2,1-5H3,(H,33,34)/t16?,27-/m0/s1. The van der Waals surface area contributed by atoms with Crippen molar-refractivity contribution >= 4 is 27.8 Å². The van der Waals surface area contributed by atoms with E-state index in [4.69, 9.17) is 14.5 Å². The predicted molar refractivity (Wildman–Crippen MR) is 137 cm³/mol. The molecule has 2 aromatic heterocycles. The van der Waals surface area contributed by atoms with Crippen molar-refractivity contribution < 1.29 is 23.8 Å². The molecule has 0 bridgehead atoms. The Morgan fingerprint density at radius 3 is 2.67 bits per heavy atom. The number of benzene rings is 2. The summed E-state index contributed by atoms with van der Waals surface area (Å²) >= 11 is 0. The minimum absolute atomic E-state index is 0.324. The van der Waals surface area contributed by atoms with E-state index in [0.29, 0.717) is 39.9 Å². The predicted octanol–water partition coefficient (Wildman–Crippen LogP) is 6.66. The molecule has 0 radical (unpaired) electrons. The number of hydrogen-bond donors (Lipinski definition) is 1. The van der Waals surface area contributed by atoms with Crippen LogP contribution >= 0.6 is 0 Å². The van der Waals surface area contributed by atoms with E-state index in [1.165, 1.54) is 6.92 Å². The highest BCUT2D eigenvalue weighted by atomic mass is 19.1. The Kier molecular flexibility index (Phi) is 5.91. The van der Waals surface area contributed by atoms with Gasteiger partial charge in [0.05, 0.1) is 28.9 Å². The highest BCUT2D eigenvalue weighted by Gasteiger charge is 2.33. The largest absolute Gasteiger partial charge is 0.493 e. The smallest absolute Gasteiger partial charge is 0.337 e. The Hall–Kier alpha value is -3.58. The topological polar surface area (TPSA) is 81.5 Å². The lowest BCUT2D eigenvalue weighted by Crippen LogP contribution is -2.28. The van der Waals surface area contributed by atoms with Crippen molar-refractivity contribution in [2.24, 2.45) is 0 Å². The van der Waals surface area contributed by atoms with Gasteiger partial charge in [-0.2, -0.15) is 0 Å². The van der Waals surface area contributed by atoms with Crippen LogP contribution in [0.15, 0.2) is 42.6 Å². The molecule has 0 amide bonds. The third kappa shape index (κ3) is 4.17. The van der Waals surface area contributed by atoms with Crippen LogP contribution in [0.2, 0.25) is 0 Å². The first kappa shape index (κ1) is 24.1. The van der Waals surface area contributed by atoms with Gasteiger partial charge in [-0.3, -0.25) is 4.98 Å². The fourth-order valence-electron chi connectivity index (χ4n) is 4.98. The molecule has 0 saturated heterocycles. The molecule has 1 aliphatic heterocycles. The molecular weight excluding hydrogens is 459 g/mol. The van der Waals surface area contributed by atoms with E-state index in [0.717, 1.165) is 34.2 Å². The summed E-state index contributed by atoms with van der Waals surface area (Å²) in [5.74, 6) is -0.330. The molecule has 6 nitrogen and oxygen atoms in total. The second kappa shape index (κ2) is 8.82. The number of carboxylic acids is 1. The molecule has 0 saturated carbocycles. The number of aryl methyl sites for hydroxylation is 1. The third-order valence-corrected chi connectivity index (χ3v) is 6.47. The Morgan fingerprint density at radius 2 is 1.97 bits per heavy atom. The summed E-state index contributed by atoms with van der Waals surface area (Å²) in [6, 6.07) is 11.1. The van der Waals surface area contributed by atoms with Crippen molar-refractivity contribution in [3.8, 4) is 16.9 Å². The molecule has 186 valence electrons. The van der Waals surface area contributed by atoms with Crippen LogP contribution in [0.4, 0.5) is 4.39 Å². The molecule has 36 heavy (non-hydrogen) atoms. The van der Waals surface area contributed by atoms with Crippen molar-refractivity contribution in [2.75, 3.05) is 6.61 Å². The van der Waals surface area contributed by atoms with Crippen LogP contribution in [0.5, 0.6) is 5.75 Å². The van der Waals surface area contributed by atoms with Crippen molar-refractivity contribution in [3.63, 3.8) is 0 Å². The number of fused-ring (bicyclic) bond motifs is 1. The fourth-order valence-corrected chi connectivity index (χ4v) is 4.98. The van der Waals surface area contributed by atoms with E-state index in [1.54, 1.807) is 12.3 Å². The zero-order valence-corrected chi connectivity index (χ0v) is 21.1. The number of halogens is 1. The highest BCUT2D eigenvalue weighted by molar-refractivity contribution is 6.08. The Balaban J connectivity index is 1.91. The molecule has 0 aliphatic carbocycles. The van der Waals surface area contributed by atoms with Gasteiger partial charge < -0.3 is 14.6 Å². The molecule has 5 rings (SSSR count). The van der Waals surface area contributed by atoms with E-state index in [1.807, 2.05) is 58.0 Å². The van der Waals surface area contributed by atoms with E-state index >= 15 is 0 Å². The van der Waals surface area contributed by atoms with Gasteiger partial charge in [-0.05, 0) is 81.6 Å². The van der Waals surface area contributed by atoms with Gasteiger partial charge in [0, 0.05) is 34.5 Å². The van der Waals surface area contributed by atoms with E-state index in [-0.39, 0.29) is 0 Å². The Bertz CT molecular complexity index is 1500. The second-order valence-electron chi connectivity index (χ2n) is 10.3. The molecule has 1 N–H and O–H groups in total. The Morgan fingerprint density at radius 1 is 1.19 bits per heavy atom. The van der Waals surface area contributed by atoms with Gasteiger partial charge in [0.15, 0.2) is 6.10 Å². The van der Waals surface area contributed by atoms with Crippen molar-refractivity contribution in [1.82, 2.24) is 9.97 Å². The van der Waals surface area contributed by atoms with Crippen molar-refractivity contribution in [1.29, 1.82) is 0 Å². The molecule has 2 aromatic carbocycles. The number of hydrogen-bond acceptors (Lipinski definition) is 5. The number of carbonyl (C=O) groups is 1. The zero-order chi connectivity index (χ0) is 25.8. The van der Waals surface area contributed by atoms with Gasteiger partial charge in [0.25, 0.3) is 0 Å². The number of rotatable bonds is 5. The first-order valence-electron chi connectivity index (χ1n) is 12.1. The zero-order valence-electron chi connectivity index (χ0n) is 21.1. The summed E-state index contributed by atoms with van der Waals surface area (Å²) in [5.41, 5.74) is 4.73. The summed E-state index contributed by atoms with van der Waals surface area (Å²) in [4.78, 5) is 21.9. The van der Waals surface area contributed by atoms with Crippen LogP contribution in [0.1, 0.15) is 62.4 Å². The summed E-state index contributed by atoms with van der Waals surface area (Å²) in [6.07, 6.45) is 0.0793. The summed E-state index contributed by atoms with van der Waals surface area (Å²) in [6.45, 7) is 9.38. The maximum absolute atomic E-state index is 14.1. The summed E-state index contributed by atoms with van der Waals surface area (Å²) in [5, 5.41) is 11.9. The number of alkyl halides is 1. The number of aliphatic carboxylic acids is 1. The molecule has 3 heterocycles. The number of nitrogens with zero attached hydrogens (tertiary/aromatic N) is 2. The second-order valence-corrected chi connectivity index (χ2v) is 10.3. The first-order valence-corrected chi connectivity index (χ1v) is 12.1. The third-order valence-electron chi connectivity index (χ3n) is 6.47. The molecular formula is C29H29FN2O4. The molecule has 0 spiro atoms. The molecule has 1 aliphatic rings. The minimum Gasteiger partial charge on any atom is -0.493 e. The van der Waals surface area contributed by atoms with E-state index in [9.17, 15) is 14.3 Å². The Labute approximate surface area is 209 Å². The number of pyridine rings is 2. The molecule has 0 fully saturated rings. The van der Waals surface area contributed by atoms with Crippen LogP contribution in [-0.2, 0) is 16.0 Å². The molecule has 4 aromatic rings. The van der Waals surface area contributed by atoms with Gasteiger partial charge in [0.1, 0.15) is 11.9 Å². The molecule has 7 heteroatoms. The minimum atomic E-state index is -1.23. The van der Waals surface area contributed by atoms with Crippen LogP contribution in [0.3, 0.4) is 0 Å². The van der Waals surface area contributed by atoms with Gasteiger partial charge in [0.2, 0.25) is 0 Å². The highest BCUT2D eigenvalue weighted by Crippen LogP contribution is 2.45. The van der Waals surface area contributed by atoms with Crippen molar-refractivity contribution in [2.45, 2.75) is 58.9 Å². The molecule has 1 unspecified atom stereocenters.